The number of ether oxygens (including phenoxy) is 2. The molecule has 3 unspecified atom stereocenters. The molecule has 0 spiro atoms. The smallest absolute Gasteiger partial charge is 0.305 e. The molecule has 35 heavy (non-hydrogen) atoms. The lowest BCUT2D eigenvalue weighted by Gasteiger charge is -2.49. The lowest BCUT2D eigenvalue weighted by molar-refractivity contribution is -0.140. The van der Waals surface area contributed by atoms with Gasteiger partial charge in [-0.15, -0.1) is 0 Å². The van der Waals surface area contributed by atoms with Gasteiger partial charge in [0.15, 0.2) is 8.32 Å². The number of rotatable bonds is 8. The third-order valence-electron chi connectivity index (χ3n) is 9.54. The van der Waals surface area contributed by atoms with E-state index in [4.69, 9.17) is 13.9 Å². The molecule has 1 aliphatic carbocycles. The van der Waals surface area contributed by atoms with Crippen LogP contribution >= 0.6 is 0 Å². The SMILES string of the molecule is COC(=O)CCCc1cccc2c1OC1CC(C[Si](C)(C)C(C)(C)C)(O[Si](C)(C)C(C)(C)C)CC21. The molecule has 4 nitrogen and oxygen atoms in total. The third-order valence-corrected chi connectivity index (χ3v) is 19.7. The lowest BCUT2D eigenvalue weighted by atomic mass is 9.93. The van der Waals surface area contributed by atoms with Gasteiger partial charge in [-0.25, -0.2) is 0 Å². The summed E-state index contributed by atoms with van der Waals surface area (Å²) in [5.41, 5.74) is 2.46. The van der Waals surface area contributed by atoms with Gasteiger partial charge in [-0.2, -0.15) is 0 Å². The van der Waals surface area contributed by atoms with Crippen LogP contribution in [0.3, 0.4) is 0 Å². The lowest BCUT2D eigenvalue weighted by Crippen LogP contribution is -2.53. The summed E-state index contributed by atoms with van der Waals surface area (Å²) in [4.78, 5) is 11.6. The van der Waals surface area contributed by atoms with Crippen LogP contribution in [0.1, 0.15) is 84.3 Å². The summed E-state index contributed by atoms with van der Waals surface area (Å²) in [6, 6.07) is 7.77. The number of hydrogen-bond acceptors (Lipinski definition) is 4. The Hall–Kier alpha value is -1.12. The molecule has 3 atom stereocenters. The molecule has 0 saturated heterocycles. The first-order chi connectivity index (χ1) is 15.9. The second-order valence-electron chi connectivity index (χ2n) is 14.3. The van der Waals surface area contributed by atoms with Crippen LogP contribution in [-0.2, 0) is 20.4 Å². The molecule has 6 heteroatoms. The predicted octanol–water partition coefficient (Wildman–Crippen LogP) is 8.09. The highest BCUT2D eigenvalue weighted by atomic mass is 28.4. The zero-order valence-electron chi connectivity index (χ0n) is 24.3. The first kappa shape index (κ1) is 28.5. The van der Waals surface area contributed by atoms with Crippen molar-refractivity contribution in [2.24, 2.45) is 0 Å². The van der Waals surface area contributed by atoms with Crippen LogP contribution in [0.2, 0.25) is 42.3 Å². The van der Waals surface area contributed by atoms with E-state index in [2.05, 4.69) is 85.9 Å². The number of esters is 1. The Morgan fingerprint density at radius 1 is 1.06 bits per heavy atom. The van der Waals surface area contributed by atoms with E-state index in [0.717, 1.165) is 31.4 Å². The fraction of sp³-hybridized carbons (Fsp3) is 0.759. The van der Waals surface area contributed by atoms with E-state index in [9.17, 15) is 4.79 Å². The van der Waals surface area contributed by atoms with E-state index in [1.807, 2.05) is 0 Å². The quantitative estimate of drug-likeness (QED) is 0.258. The van der Waals surface area contributed by atoms with Crippen molar-refractivity contribution in [1.29, 1.82) is 0 Å². The molecule has 1 fully saturated rings. The molecule has 1 heterocycles. The van der Waals surface area contributed by atoms with Crippen LogP contribution in [0.4, 0.5) is 0 Å². The highest BCUT2D eigenvalue weighted by Gasteiger charge is 2.57. The second kappa shape index (κ2) is 9.64. The van der Waals surface area contributed by atoms with Crippen LogP contribution in [0.5, 0.6) is 5.75 Å². The standard InChI is InChI=1S/C29H50O4Si2/c1-27(2,3)34(8,9)20-29(33-35(10,11)28(4,5)6)18-23-22-16-12-14-21(15-13-17-25(30)31-7)26(22)32-24(23)19-29/h12,14,16,23-24H,13,15,17-20H2,1-11H3. The van der Waals surface area contributed by atoms with Gasteiger partial charge in [-0.3, -0.25) is 4.79 Å². The van der Waals surface area contributed by atoms with Gasteiger partial charge in [0.25, 0.3) is 0 Å². The van der Waals surface area contributed by atoms with Gasteiger partial charge in [0.2, 0.25) is 0 Å². The molecule has 1 saturated carbocycles. The van der Waals surface area contributed by atoms with Crippen LogP contribution in [-0.4, -0.2) is 41.2 Å². The zero-order chi connectivity index (χ0) is 26.4. The largest absolute Gasteiger partial charge is 0.489 e. The first-order valence-electron chi connectivity index (χ1n) is 13.5. The van der Waals surface area contributed by atoms with Gasteiger partial charge in [0, 0.05) is 24.3 Å². The summed E-state index contributed by atoms with van der Waals surface area (Å²) in [6.45, 7) is 24.2. The summed E-state index contributed by atoms with van der Waals surface area (Å²) >= 11 is 0. The molecule has 0 radical (unpaired) electrons. The molecule has 0 N–H and O–H groups in total. The van der Waals surface area contributed by atoms with Crippen LogP contribution in [0, 0.1) is 0 Å². The molecular formula is C29H50O4Si2. The predicted molar refractivity (Wildman–Crippen MR) is 151 cm³/mol. The maximum atomic E-state index is 11.6. The van der Waals surface area contributed by atoms with Crippen molar-refractivity contribution in [3.63, 3.8) is 0 Å². The summed E-state index contributed by atoms with van der Waals surface area (Å²) < 4.78 is 19.0. The number of carbonyl (C=O) groups excluding carboxylic acids is 1. The monoisotopic (exact) mass is 518 g/mol. The molecule has 198 valence electrons. The number of carbonyl (C=O) groups is 1. The van der Waals surface area contributed by atoms with E-state index in [-0.39, 0.29) is 22.7 Å². The van der Waals surface area contributed by atoms with Gasteiger partial charge < -0.3 is 13.9 Å². The van der Waals surface area contributed by atoms with Crippen LogP contribution < -0.4 is 4.74 Å². The summed E-state index contributed by atoms with van der Waals surface area (Å²) in [6.07, 6.45) is 4.28. The number of benzene rings is 1. The molecule has 2 aliphatic rings. The van der Waals surface area contributed by atoms with Crippen molar-refractivity contribution in [1.82, 2.24) is 0 Å². The molecule has 1 aromatic rings. The van der Waals surface area contributed by atoms with E-state index in [0.29, 0.717) is 17.4 Å². The zero-order valence-corrected chi connectivity index (χ0v) is 26.3. The van der Waals surface area contributed by atoms with E-state index in [1.165, 1.54) is 24.3 Å². The van der Waals surface area contributed by atoms with Crippen LogP contribution in [0.15, 0.2) is 18.2 Å². The Labute approximate surface area is 216 Å². The highest BCUT2D eigenvalue weighted by Crippen LogP contribution is 2.58. The Balaban J connectivity index is 1.90. The van der Waals surface area contributed by atoms with Crippen molar-refractivity contribution in [2.45, 2.75) is 134 Å². The van der Waals surface area contributed by atoms with Crippen molar-refractivity contribution in [3.8, 4) is 5.75 Å². The minimum atomic E-state index is -1.96. The number of para-hydroxylation sites is 1. The molecular weight excluding hydrogens is 468 g/mol. The molecule has 0 bridgehead atoms. The van der Waals surface area contributed by atoms with Crippen LogP contribution in [0.25, 0.3) is 0 Å². The number of hydrogen-bond donors (Lipinski definition) is 0. The minimum Gasteiger partial charge on any atom is -0.489 e. The summed E-state index contributed by atoms with van der Waals surface area (Å²) in [7, 11) is -2.09. The van der Waals surface area contributed by atoms with E-state index >= 15 is 0 Å². The maximum absolute atomic E-state index is 11.6. The fourth-order valence-corrected chi connectivity index (χ4v) is 9.78. The van der Waals surface area contributed by atoms with Gasteiger partial charge in [0.05, 0.1) is 20.8 Å². The molecule has 0 amide bonds. The average Bonchev–Trinajstić information content (AvgIpc) is 3.19. The first-order valence-corrected chi connectivity index (χ1v) is 19.6. The average molecular weight is 519 g/mol. The number of methoxy groups -OCH3 is 1. The third kappa shape index (κ3) is 5.90. The van der Waals surface area contributed by atoms with Gasteiger partial charge in [0.1, 0.15) is 11.9 Å². The second-order valence-corrected chi connectivity index (χ2v) is 24.6. The Morgan fingerprint density at radius 3 is 2.29 bits per heavy atom. The topological polar surface area (TPSA) is 44.8 Å². The van der Waals surface area contributed by atoms with E-state index < -0.39 is 16.4 Å². The van der Waals surface area contributed by atoms with Crippen molar-refractivity contribution in [2.75, 3.05) is 7.11 Å². The van der Waals surface area contributed by atoms with Gasteiger partial charge >= 0.3 is 5.97 Å². The molecule has 0 aromatic heterocycles. The minimum absolute atomic E-state index is 0.111. The van der Waals surface area contributed by atoms with E-state index in [1.54, 1.807) is 0 Å². The Bertz CT molecular complexity index is 896. The molecule has 3 rings (SSSR count). The number of aryl methyl sites for hydroxylation is 1. The highest BCUT2D eigenvalue weighted by molar-refractivity contribution is 6.80. The van der Waals surface area contributed by atoms with Gasteiger partial charge in [-0.1, -0.05) is 72.8 Å². The van der Waals surface area contributed by atoms with Crippen molar-refractivity contribution >= 4 is 22.4 Å². The summed E-state index contributed by atoms with van der Waals surface area (Å²) in [5, 5.41) is 0.497. The Morgan fingerprint density at radius 2 is 1.71 bits per heavy atom. The van der Waals surface area contributed by atoms with Gasteiger partial charge in [-0.05, 0) is 54.0 Å². The maximum Gasteiger partial charge on any atom is 0.305 e. The summed E-state index contributed by atoms with van der Waals surface area (Å²) in [5.74, 6) is 1.31. The molecule has 1 aliphatic heterocycles. The molecule has 1 aromatic carbocycles. The number of fused-ring (bicyclic) bond motifs is 3. The van der Waals surface area contributed by atoms with Crippen molar-refractivity contribution in [3.05, 3.63) is 29.3 Å². The van der Waals surface area contributed by atoms with Crippen molar-refractivity contribution < 1.29 is 18.7 Å². The fourth-order valence-electron chi connectivity index (χ4n) is 5.50. The normalized spacial score (nSPS) is 24.7. The Kier molecular flexibility index (Phi) is 7.84.